The smallest absolute Gasteiger partial charge is 0.337 e. The zero-order valence-electron chi connectivity index (χ0n) is 7.08. The molecular weight excluding hydrogens is 267 g/mol. The minimum Gasteiger partial charge on any atom is -0.465 e. The largest absolute Gasteiger partial charge is 0.465 e. The highest BCUT2D eigenvalue weighted by Gasteiger charge is 2.00. The van der Waals surface area contributed by atoms with Crippen LogP contribution in [-0.2, 0) is 4.74 Å². The number of hydrogen-bond acceptors (Lipinski definition) is 2. The average Bonchev–Trinajstić information content (AvgIpc) is 2.21. The molecule has 0 amide bonds. The third kappa shape index (κ3) is 3.71. The lowest BCUT2D eigenvalue weighted by molar-refractivity contribution is 0.0601. The molecule has 0 radical (unpaired) electrons. The van der Waals surface area contributed by atoms with Crippen molar-refractivity contribution in [2.45, 2.75) is 0 Å². The molecule has 3 heteroatoms. The molecule has 0 aliphatic heterocycles. The topological polar surface area (TPSA) is 26.3 Å². The Hall–Kier alpha value is -0.580. The monoisotopic (exact) mass is 278 g/mol. The van der Waals surface area contributed by atoms with Gasteiger partial charge in [0.2, 0.25) is 0 Å². The van der Waals surface area contributed by atoms with Gasteiger partial charge in [-0.3, -0.25) is 0 Å². The van der Waals surface area contributed by atoms with Crippen molar-refractivity contribution in [3.05, 3.63) is 35.9 Å². The van der Waals surface area contributed by atoms with Crippen molar-refractivity contribution in [3.8, 4) is 0 Å². The van der Waals surface area contributed by atoms with E-state index < -0.39 is 0 Å². The highest BCUT2D eigenvalue weighted by atomic mass is 127. The van der Waals surface area contributed by atoms with Gasteiger partial charge in [0, 0.05) is 0 Å². The minimum absolute atomic E-state index is 0.291. The van der Waals surface area contributed by atoms with Crippen LogP contribution in [0.5, 0.6) is 0 Å². The number of carbonyl (C=O) groups is 1. The molecule has 1 aromatic rings. The summed E-state index contributed by atoms with van der Waals surface area (Å²) < 4.78 is 4.50. The number of esters is 1. The quantitative estimate of drug-likeness (QED) is 0.448. The van der Waals surface area contributed by atoms with Gasteiger partial charge >= 0.3 is 5.97 Å². The van der Waals surface area contributed by atoms with Crippen LogP contribution in [-0.4, -0.2) is 18.0 Å². The summed E-state index contributed by atoms with van der Waals surface area (Å²) in [5.41, 5.74) is 0.588. The van der Waals surface area contributed by atoms with Crippen LogP contribution in [0.15, 0.2) is 30.3 Å². The molecule has 0 unspecified atom stereocenters. The Morgan fingerprint density at radius 2 is 1.75 bits per heavy atom. The van der Waals surface area contributed by atoms with Gasteiger partial charge in [0.25, 0.3) is 0 Å². The number of carbonyl (C=O) groups excluding carboxylic acids is 1. The van der Waals surface area contributed by atoms with Crippen LogP contribution in [0.3, 0.4) is 0 Å². The van der Waals surface area contributed by atoms with Gasteiger partial charge in [-0.25, -0.2) is 4.79 Å². The molecule has 0 bridgehead atoms. The van der Waals surface area contributed by atoms with Crippen molar-refractivity contribution in [2.24, 2.45) is 0 Å². The molecule has 0 heterocycles. The highest BCUT2D eigenvalue weighted by Crippen LogP contribution is 1.98. The van der Waals surface area contributed by atoms with E-state index in [4.69, 9.17) is 0 Å². The number of hydrogen-bond donors (Lipinski definition) is 0. The fourth-order valence-corrected chi connectivity index (χ4v) is 0.692. The van der Waals surface area contributed by atoms with E-state index in [9.17, 15) is 4.79 Å². The predicted molar refractivity (Wildman–Crippen MR) is 57.7 cm³/mol. The Bertz CT molecular complexity index is 221. The number of ether oxygens (including phenoxy) is 1. The lowest BCUT2D eigenvalue weighted by Crippen LogP contribution is -1.99. The highest BCUT2D eigenvalue weighted by molar-refractivity contribution is 14.1. The maximum Gasteiger partial charge on any atom is 0.337 e. The fourth-order valence-electron chi connectivity index (χ4n) is 0.692. The molecule has 0 fully saturated rings. The first-order chi connectivity index (χ1) is 5.84. The second-order valence-corrected chi connectivity index (χ2v) is 1.86. The molecule has 0 aliphatic carbocycles. The number of halogens is 1. The van der Waals surface area contributed by atoms with E-state index in [1.165, 1.54) is 7.11 Å². The maximum absolute atomic E-state index is 10.8. The van der Waals surface area contributed by atoms with Gasteiger partial charge in [0.1, 0.15) is 0 Å². The first kappa shape index (κ1) is 11.4. The average molecular weight is 278 g/mol. The zero-order chi connectivity index (χ0) is 9.40. The maximum atomic E-state index is 10.8. The number of alkyl halides is 1. The molecule has 0 aromatic heterocycles. The first-order valence-electron chi connectivity index (χ1n) is 3.36. The van der Waals surface area contributed by atoms with Crippen LogP contribution in [0.25, 0.3) is 0 Å². The van der Waals surface area contributed by atoms with E-state index in [-0.39, 0.29) is 5.97 Å². The molecule has 1 rings (SSSR count). The van der Waals surface area contributed by atoms with Crippen molar-refractivity contribution in [3.63, 3.8) is 0 Å². The zero-order valence-corrected chi connectivity index (χ0v) is 9.24. The minimum atomic E-state index is -0.291. The van der Waals surface area contributed by atoms with Crippen LogP contribution in [0.4, 0.5) is 0 Å². The van der Waals surface area contributed by atoms with E-state index >= 15 is 0 Å². The standard InChI is InChI=1S/C8H8O2.CH3I/c1-10-8(9)7-5-3-2-4-6-7;1-2/h2-6H,1H3;1H3. The van der Waals surface area contributed by atoms with Crippen LogP contribution in [0.1, 0.15) is 10.4 Å². The van der Waals surface area contributed by atoms with Crippen molar-refractivity contribution in [2.75, 3.05) is 12.0 Å². The molecule has 0 N–H and O–H groups in total. The van der Waals surface area contributed by atoms with Crippen molar-refractivity contribution < 1.29 is 9.53 Å². The van der Waals surface area contributed by atoms with Crippen LogP contribution in [0, 0.1) is 0 Å². The van der Waals surface area contributed by atoms with Crippen LogP contribution >= 0.6 is 22.6 Å². The SMILES string of the molecule is CI.COC(=O)c1ccccc1. The van der Waals surface area contributed by atoms with E-state index in [1.54, 1.807) is 24.3 Å². The summed E-state index contributed by atoms with van der Waals surface area (Å²) in [4.78, 5) is 12.8. The molecule has 0 aliphatic rings. The first-order valence-corrected chi connectivity index (χ1v) is 5.51. The lowest BCUT2D eigenvalue weighted by Gasteiger charge is -1.95. The third-order valence-corrected chi connectivity index (χ3v) is 1.19. The summed E-state index contributed by atoms with van der Waals surface area (Å²) in [6.07, 6.45) is 0. The molecule has 0 saturated carbocycles. The van der Waals surface area contributed by atoms with Gasteiger partial charge in [-0.1, -0.05) is 40.8 Å². The Morgan fingerprint density at radius 3 is 2.17 bits per heavy atom. The normalized spacial score (nSPS) is 7.92. The number of rotatable bonds is 1. The van der Waals surface area contributed by atoms with Gasteiger partial charge in [0.05, 0.1) is 12.7 Å². The van der Waals surface area contributed by atoms with Gasteiger partial charge in [0.15, 0.2) is 0 Å². The summed E-state index contributed by atoms with van der Waals surface area (Å²) in [6, 6.07) is 8.88. The Labute approximate surface area is 86.1 Å². The molecule has 2 nitrogen and oxygen atoms in total. The molecule has 0 atom stereocenters. The molecule has 12 heavy (non-hydrogen) atoms. The summed E-state index contributed by atoms with van der Waals surface area (Å²) in [5, 5.41) is 0. The Balaban J connectivity index is 0.000000561. The van der Waals surface area contributed by atoms with Crippen molar-refractivity contribution in [1.82, 2.24) is 0 Å². The number of benzene rings is 1. The fraction of sp³-hybridized carbons (Fsp3) is 0.222. The second kappa shape index (κ2) is 7.09. The van der Waals surface area contributed by atoms with E-state index in [0.717, 1.165) is 0 Å². The molecule has 0 spiro atoms. The molecule has 66 valence electrons. The molecule has 1 aromatic carbocycles. The molecule has 0 saturated heterocycles. The summed E-state index contributed by atoms with van der Waals surface area (Å²) in [7, 11) is 1.37. The summed E-state index contributed by atoms with van der Waals surface area (Å²) in [5.74, 6) is -0.291. The third-order valence-electron chi connectivity index (χ3n) is 1.19. The van der Waals surface area contributed by atoms with Crippen molar-refractivity contribution >= 4 is 28.6 Å². The predicted octanol–water partition coefficient (Wildman–Crippen LogP) is 2.52. The second-order valence-electron chi connectivity index (χ2n) is 1.86. The molecular formula is C9H11IO2. The number of methoxy groups -OCH3 is 1. The summed E-state index contributed by atoms with van der Waals surface area (Å²) >= 11 is 2.15. The van der Waals surface area contributed by atoms with Gasteiger partial charge in [-0.05, 0) is 17.1 Å². The van der Waals surface area contributed by atoms with Gasteiger partial charge < -0.3 is 4.74 Å². The van der Waals surface area contributed by atoms with Gasteiger partial charge in [-0.2, -0.15) is 0 Å². The van der Waals surface area contributed by atoms with E-state index in [1.807, 2.05) is 11.0 Å². The Kier molecular flexibility index (Phi) is 6.75. The van der Waals surface area contributed by atoms with Crippen LogP contribution < -0.4 is 0 Å². The Morgan fingerprint density at radius 1 is 1.25 bits per heavy atom. The van der Waals surface area contributed by atoms with Crippen molar-refractivity contribution in [1.29, 1.82) is 0 Å². The summed E-state index contributed by atoms with van der Waals surface area (Å²) in [6.45, 7) is 0. The van der Waals surface area contributed by atoms with Crippen LogP contribution in [0.2, 0.25) is 0 Å². The van der Waals surface area contributed by atoms with E-state index in [2.05, 4.69) is 27.3 Å². The van der Waals surface area contributed by atoms with Gasteiger partial charge in [-0.15, -0.1) is 0 Å². The van der Waals surface area contributed by atoms with E-state index in [0.29, 0.717) is 5.56 Å². The lowest BCUT2D eigenvalue weighted by atomic mass is 10.2.